The smallest absolute Gasteiger partial charge is 0.139 e. The molecule has 1 heteroatoms. The van der Waals surface area contributed by atoms with E-state index >= 15 is 0 Å². The highest BCUT2D eigenvalue weighted by atomic mass is 16.5. The Morgan fingerprint density at radius 2 is 1.02 bits per heavy atom. The molecule has 1 unspecified atom stereocenters. The molecule has 212 valence electrons. The largest absolute Gasteiger partial charge is 0.456 e. The van der Waals surface area contributed by atoms with Gasteiger partial charge in [0.25, 0.3) is 0 Å². The summed E-state index contributed by atoms with van der Waals surface area (Å²) in [6.45, 7) is 4.63. The highest BCUT2D eigenvalue weighted by molar-refractivity contribution is 6.06. The molecule has 1 nitrogen and oxygen atoms in total. The van der Waals surface area contributed by atoms with E-state index in [4.69, 9.17) is 4.74 Å². The Morgan fingerprint density at radius 3 is 1.87 bits per heavy atom. The Labute approximate surface area is 263 Å². The summed E-state index contributed by atoms with van der Waals surface area (Å²) >= 11 is 0. The summed E-state index contributed by atoms with van der Waals surface area (Å²) in [5.41, 5.74) is 14.9. The highest BCUT2D eigenvalue weighted by Crippen LogP contribution is 2.65. The zero-order valence-electron chi connectivity index (χ0n) is 25.3. The van der Waals surface area contributed by atoms with E-state index in [1.54, 1.807) is 0 Å². The molecule has 1 atom stereocenters. The molecule has 1 heterocycles. The maximum absolute atomic E-state index is 6.83. The van der Waals surface area contributed by atoms with Gasteiger partial charge in [0.15, 0.2) is 0 Å². The van der Waals surface area contributed by atoms with Crippen molar-refractivity contribution in [2.45, 2.75) is 24.7 Å². The predicted molar refractivity (Wildman–Crippen MR) is 184 cm³/mol. The second kappa shape index (κ2) is 8.61. The molecule has 10 rings (SSSR count). The minimum absolute atomic E-state index is 0.181. The van der Waals surface area contributed by atoms with E-state index in [0.29, 0.717) is 0 Å². The molecule has 0 amide bonds. The van der Waals surface area contributed by atoms with Crippen molar-refractivity contribution < 1.29 is 4.74 Å². The summed E-state index contributed by atoms with van der Waals surface area (Å²) in [6.07, 6.45) is 0. The number of para-hydroxylation sites is 2. The Hall–Kier alpha value is -5.40. The first-order chi connectivity index (χ1) is 22.1. The number of fused-ring (bicyclic) bond motifs is 14. The van der Waals surface area contributed by atoms with Gasteiger partial charge < -0.3 is 4.74 Å². The first kappa shape index (κ1) is 25.0. The topological polar surface area (TPSA) is 9.23 Å². The van der Waals surface area contributed by atoms with Crippen LogP contribution in [-0.2, 0) is 10.8 Å². The lowest BCUT2D eigenvalue weighted by atomic mass is 9.69. The van der Waals surface area contributed by atoms with Crippen LogP contribution >= 0.6 is 0 Å². The van der Waals surface area contributed by atoms with E-state index < -0.39 is 5.41 Å². The van der Waals surface area contributed by atoms with Gasteiger partial charge in [-0.2, -0.15) is 0 Å². The van der Waals surface area contributed by atoms with E-state index in [2.05, 4.69) is 159 Å². The van der Waals surface area contributed by atoms with Gasteiger partial charge >= 0.3 is 0 Å². The average Bonchev–Trinajstić information content (AvgIpc) is 3.56. The highest BCUT2D eigenvalue weighted by Gasteiger charge is 2.53. The van der Waals surface area contributed by atoms with Crippen molar-refractivity contribution in [1.29, 1.82) is 0 Å². The number of benzene rings is 7. The van der Waals surface area contributed by atoms with E-state index in [-0.39, 0.29) is 5.41 Å². The van der Waals surface area contributed by atoms with Crippen LogP contribution in [-0.4, -0.2) is 0 Å². The second-order valence-corrected chi connectivity index (χ2v) is 13.2. The third-order valence-corrected chi connectivity index (χ3v) is 10.7. The molecule has 0 aromatic heterocycles. The van der Waals surface area contributed by atoms with Crippen molar-refractivity contribution >= 4 is 10.8 Å². The molecule has 0 saturated carbocycles. The van der Waals surface area contributed by atoms with Gasteiger partial charge in [-0.3, -0.25) is 0 Å². The van der Waals surface area contributed by atoms with E-state index in [0.717, 1.165) is 17.1 Å². The molecule has 0 fully saturated rings. The first-order valence-corrected chi connectivity index (χ1v) is 15.9. The van der Waals surface area contributed by atoms with Crippen LogP contribution in [0.15, 0.2) is 146 Å². The van der Waals surface area contributed by atoms with Crippen LogP contribution in [0.3, 0.4) is 0 Å². The zero-order chi connectivity index (χ0) is 29.9. The molecule has 0 bridgehead atoms. The second-order valence-electron chi connectivity index (χ2n) is 13.2. The number of hydrogen-bond donors (Lipinski definition) is 0. The van der Waals surface area contributed by atoms with Crippen molar-refractivity contribution in [2.75, 3.05) is 0 Å². The molecule has 1 spiro atoms. The standard InChI is InChI=1S/C44H30O/c1-43(2)36-21-9-10-24-39(36)45-42-32(18-12-23-38(42)43)30-17-11-22-37-40(30)33-16-6-8-20-35(33)44(37)34-19-7-5-15-29(34)31-26-25-27-13-3-4-14-28(27)41(31)44/h3-26H,1-2H3. The molecule has 7 aromatic rings. The summed E-state index contributed by atoms with van der Waals surface area (Å²) in [5, 5.41) is 2.59. The number of hydrogen-bond acceptors (Lipinski definition) is 1. The molecule has 3 aliphatic rings. The molecule has 2 aliphatic carbocycles. The van der Waals surface area contributed by atoms with Gasteiger partial charge in [0, 0.05) is 22.1 Å². The van der Waals surface area contributed by atoms with Gasteiger partial charge in [0.1, 0.15) is 11.5 Å². The molecule has 0 radical (unpaired) electrons. The maximum Gasteiger partial charge on any atom is 0.139 e. The van der Waals surface area contributed by atoms with E-state index in [1.807, 2.05) is 0 Å². The summed E-state index contributed by atoms with van der Waals surface area (Å²) < 4.78 is 6.83. The summed E-state index contributed by atoms with van der Waals surface area (Å²) in [6, 6.07) is 53.8. The fraction of sp³-hybridized carbons (Fsp3) is 0.0909. The van der Waals surface area contributed by atoms with Crippen LogP contribution in [0.2, 0.25) is 0 Å². The van der Waals surface area contributed by atoms with Crippen molar-refractivity contribution in [3.63, 3.8) is 0 Å². The van der Waals surface area contributed by atoms with Gasteiger partial charge in [-0.25, -0.2) is 0 Å². The zero-order valence-corrected chi connectivity index (χ0v) is 25.3. The van der Waals surface area contributed by atoms with E-state index in [1.165, 1.54) is 72.0 Å². The minimum Gasteiger partial charge on any atom is -0.456 e. The van der Waals surface area contributed by atoms with Crippen LogP contribution in [0, 0.1) is 0 Å². The Bertz CT molecular complexity index is 2390. The summed E-state index contributed by atoms with van der Waals surface area (Å²) in [4.78, 5) is 0. The molecular formula is C44H30O. The molecule has 7 aromatic carbocycles. The molecule has 45 heavy (non-hydrogen) atoms. The molecular weight excluding hydrogens is 544 g/mol. The van der Waals surface area contributed by atoms with Crippen molar-refractivity contribution in [1.82, 2.24) is 0 Å². The Kier molecular flexibility index (Phi) is 4.78. The fourth-order valence-corrected chi connectivity index (χ4v) is 8.87. The molecule has 0 N–H and O–H groups in total. The summed E-state index contributed by atoms with van der Waals surface area (Å²) in [7, 11) is 0. The lowest BCUT2D eigenvalue weighted by Gasteiger charge is -2.35. The lowest BCUT2D eigenvalue weighted by Crippen LogP contribution is -2.26. The quantitative estimate of drug-likeness (QED) is 0.189. The fourth-order valence-electron chi connectivity index (χ4n) is 8.87. The van der Waals surface area contributed by atoms with Crippen LogP contribution < -0.4 is 4.74 Å². The lowest BCUT2D eigenvalue weighted by molar-refractivity contribution is 0.419. The van der Waals surface area contributed by atoms with Gasteiger partial charge in [-0.15, -0.1) is 0 Å². The Morgan fingerprint density at radius 1 is 0.422 bits per heavy atom. The number of ether oxygens (including phenoxy) is 1. The van der Waals surface area contributed by atoms with Gasteiger partial charge in [0.2, 0.25) is 0 Å². The maximum atomic E-state index is 6.83. The van der Waals surface area contributed by atoms with E-state index in [9.17, 15) is 0 Å². The van der Waals surface area contributed by atoms with Gasteiger partial charge in [-0.05, 0) is 66.9 Å². The first-order valence-electron chi connectivity index (χ1n) is 15.9. The van der Waals surface area contributed by atoms with Crippen LogP contribution in [0.4, 0.5) is 0 Å². The number of rotatable bonds is 1. The van der Waals surface area contributed by atoms with Gasteiger partial charge in [0.05, 0.1) is 5.41 Å². The third-order valence-electron chi connectivity index (χ3n) is 10.7. The third kappa shape index (κ3) is 2.99. The summed E-state index contributed by atoms with van der Waals surface area (Å²) in [5.74, 6) is 1.91. The molecule has 1 aliphatic heterocycles. The predicted octanol–water partition coefficient (Wildman–Crippen LogP) is 11.3. The molecule has 0 saturated heterocycles. The van der Waals surface area contributed by atoms with Crippen molar-refractivity contribution in [3.05, 3.63) is 179 Å². The van der Waals surface area contributed by atoms with Crippen LogP contribution in [0.1, 0.15) is 47.2 Å². The van der Waals surface area contributed by atoms with Crippen molar-refractivity contribution in [2.24, 2.45) is 0 Å². The van der Waals surface area contributed by atoms with Crippen LogP contribution in [0.25, 0.3) is 44.2 Å². The Balaban J connectivity index is 1.33. The van der Waals surface area contributed by atoms with Crippen LogP contribution in [0.5, 0.6) is 11.5 Å². The average molecular weight is 575 g/mol. The van der Waals surface area contributed by atoms with Crippen molar-refractivity contribution in [3.8, 4) is 44.9 Å². The normalized spacial score (nSPS) is 17.6. The monoisotopic (exact) mass is 574 g/mol. The minimum atomic E-state index is -0.420. The SMILES string of the molecule is CC1(C)c2ccccc2Oc2c(-c3cccc4c3-c3ccccc3C43c4ccccc4-c4ccc5ccccc5c43)cccc21. The van der Waals surface area contributed by atoms with Gasteiger partial charge in [-0.1, -0.05) is 153 Å².